The molecule has 1 N–H and O–H groups in total. The minimum Gasteiger partial charge on any atom is -0.306 e. The normalized spacial score (nSPS) is 18.7. The Morgan fingerprint density at radius 3 is 2.57 bits per heavy atom. The van der Waals surface area contributed by atoms with E-state index in [-0.39, 0.29) is 23.6 Å². The molecule has 9 nitrogen and oxygen atoms in total. The van der Waals surface area contributed by atoms with Gasteiger partial charge in [-0.25, -0.2) is 13.4 Å². The van der Waals surface area contributed by atoms with E-state index in [0.717, 1.165) is 25.0 Å². The van der Waals surface area contributed by atoms with Crippen LogP contribution < -0.4 is 5.32 Å². The van der Waals surface area contributed by atoms with Gasteiger partial charge in [-0.2, -0.15) is 23.6 Å². The molecule has 1 atom stereocenters. The fraction of sp³-hybridized carbons (Fsp3) is 0.435. The van der Waals surface area contributed by atoms with Crippen LogP contribution in [0, 0.1) is 5.92 Å². The summed E-state index contributed by atoms with van der Waals surface area (Å²) >= 11 is 0. The van der Waals surface area contributed by atoms with Gasteiger partial charge < -0.3 is 5.32 Å². The van der Waals surface area contributed by atoms with Crippen LogP contribution in [0.25, 0.3) is 0 Å². The van der Waals surface area contributed by atoms with E-state index in [4.69, 9.17) is 0 Å². The van der Waals surface area contributed by atoms with Crippen molar-refractivity contribution in [1.82, 2.24) is 9.78 Å². The van der Waals surface area contributed by atoms with E-state index < -0.39 is 37.4 Å². The van der Waals surface area contributed by atoms with Crippen LogP contribution in [0.15, 0.2) is 45.2 Å². The van der Waals surface area contributed by atoms with Gasteiger partial charge in [-0.15, -0.1) is 0 Å². The number of rotatable bonds is 4. The Morgan fingerprint density at radius 1 is 1.17 bits per heavy atom. The third-order valence-electron chi connectivity index (χ3n) is 5.91. The van der Waals surface area contributed by atoms with E-state index in [1.807, 2.05) is 20.8 Å². The van der Waals surface area contributed by atoms with Crippen molar-refractivity contribution in [3.8, 4) is 0 Å². The lowest BCUT2D eigenvalue weighted by Crippen LogP contribution is -2.34. The first-order chi connectivity index (χ1) is 16.4. The number of aliphatic imine (C=N–C) groups is 2. The molecule has 1 saturated carbocycles. The predicted molar refractivity (Wildman–Crippen MR) is 126 cm³/mol. The number of amides is 2. The number of anilines is 1. The average molecular weight is 506 g/mol. The molecule has 1 aliphatic carbocycles. The molecule has 0 saturated heterocycles. The van der Waals surface area contributed by atoms with E-state index in [1.165, 1.54) is 16.8 Å². The highest BCUT2D eigenvalue weighted by Gasteiger charge is 2.34. The molecule has 1 aromatic carbocycles. The van der Waals surface area contributed by atoms with Gasteiger partial charge in [0.2, 0.25) is 9.84 Å². The molecule has 0 spiro atoms. The molecule has 2 aromatic rings. The van der Waals surface area contributed by atoms with Crippen LogP contribution in [-0.2, 0) is 20.0 Å². The molecule has 2 aliphatic rings. The standard InChI is InChI=1S/C23H25F2N5O4S/c1-23(2,3)17-12-18(27-20(32)14-9-5-7-11-16(14)35(33,34)21(24)25)30(29-17)22-26-15-10-6-4-8-13(15)19(31)28-22/h5,7,9,11-13,21H,4,6,8,10H2,1-3H3,(H,27,32). The minimum absolute atomic E-state index is 0.0116. The number of nitrogens with one attached hydrogen (secondary N) is 1. The van der Waals surface area contributed by atoms with E-state index in [0.29, 0.717) is 24.2 Å². The molecule has 1 unspecified atom stereocenters. The Balaban J connectivity index is 1.76. The number of hydrogen-bond acceptors (Lipinski definition) is 6. The molecule has 2 heterocycles. The number of carbonyl (C=O) groups is 2. The Bertz CT molecular complexity index is 1360. The first kappa shape index (κ1) is 24.8. The fourth-order valence-corrected chi connectivity index (χ4v) is 4.92. The molecule has 4 rings (SSSR count). The van der Waals surface area contributed by atoms with Crippen molar-refractivity contribution in [3.63, 3.8) is 0 Å². The molecule has 1 aliphatic heterocycles. The number of sulfone groups is 1. The quantitative estimate of drug-likeness (QED) is 0.677. The second-order valence-corrected chi connectivity index (χ2v) is 11.4. The first-order valence-corrected chi connectivity index (χ1v) is 12.7. The third kappa shape index (κ3) is 4.79. The Kier molecular flexibility index (Phi) is 6.43. The molecule has 1 aromatic heterocycles. The van der Waals surface area contributed by atoms with E-state index >= 15 is 0 Å². The third-order valence-corrected chi connectivity index (χ3v) is 7.35. The zero-order valence-corrected chi connectivity index (χ0v) is 20.3. The van der Waals surface area contributed by atoms with Crippen LogP contribution in [0.2, 0.25) is 0 Å². The molecular weight excluding hydrogens is 480 g/mol. The fourth-order valence-electron chi connectivity index (χ4n) is 3.99. The summed E-state index contributed by atoms with van der Waals surface area (Å²) in [5, 5.41) is 7.04. The first-order valence-electron chi connectivity index (χ1n) is 11.1. The van der Waals surface area contributed by atoms with Crippen molar-refractivity contribution in [2.45, 2.75) is 62.5 Å². The number of hydrogen-bond donors (Lipinski definition) is 1. The van der Waals surface area contributed by atoms with Gasteiger partial charge in [0.15, 0.2) is 0 Å². The highest BCUT2D eigenvalue weighted by Crippen LogP contribution is 2.29. The van der Waals surface area contributed by atoms with Crippen molar-refractivity contribution in [2.24, 2.45) is 15.9 Å². The largest absolute Gasteiger partial charge is 0.341 e. The zero-order chi connectivity index (χ0) is 25.5. The maximum atomic E-state index is 13.2. The SMILES string of the molecule is CC(C)(C)c1cc(NC(=O)c2ccccc2S(=O)(=O)C(F)F)n(C2=NC(=O)C3CCCCC3=N2)n1. The summed E-state index contributed by atoms with van der Waals surface area (Å²) in [6, 6.07) is 6.28. The van der Waals surface area contributed by atoms with Crippen molar-refractivity contribution in [2.75, 3.05) is 5.32 Å². The van der Waals surface area contributed by atoms with E-state index in [2.05, 4.69) is 20.4 Å². The molecule has 35 heavy (non-hydrogen) atoms. The van der Waals surface area contributed by atoms with Gasteiger partial charge in [-0.1, -0.05) is 39.3 Å². The molecule has 12 heteroatoms. The lowest BCUT2D eigenvalue weighted by Gasteiger charge is -2.24. The van der Waals surface area contributed by atoms with Crippen molar-refractivity contribution in [3.05, 3.63) is 41.6 Å². The van der Waals surface area contributed by atoms with Crippen LogP contribution in [0.5, 0.6) is 0 Å². The smallest absolute Gasteiger partial charge is 0.306 e. The maximum Gasteiger partial charge on any atom is 0.341 e. The molecular formula is C23H25F2N5O4S. The van der Waals surface area contributed by atoms with Gasteiger partial charge in [0, 0.05) is 17.2 Å². The highest BCUT2D eigenvalue weighted by atomic mass is 32.2. The molecule has 2 amide bonds. The van der Waals surface area contributed by atoms with Crippen molar-refractivity contribution in [1.29, 1.82) is 0 Å². The van der Waals surface area contributed by atoms with Gasteiger partial charge in [0.05, 0.1) is 22.1 Å². The van der Waals surface area contributed by atoms with Gasteiger partial charge in [0.25, 0.3) is 17.8 Å². The van der Waals surface area contributed by atoms with E-state index in [1.54, 1.807) is 6.07 Å². The maximum absolute atomic E-state index is 13.2. The summed E-state index contributed by atoms with van der Waals surface area (Å²) in [7, 11) is -5.02. The van der Waals surface area contributed by atoms with Gasteiger partial charge in [0.1, 0.15) is 5.82 Å². The average Bonchev–Trinajstić information content (AvgIpc) is 3.23. The molecule has 1 fully saturated rings. The summed E-state index contributed by atoms with van der Waals surface area (Å²) in [6.45, 7) is 5.69. The minimum atomic E-state index is -5.02. The number of alkyl halides is 2. The summed E-state index contributed by atoms with van der Waals surface area (Å²) in [5.41, 5.74) is 0.354. The number of nitrogens with zero attached hydrogens (tertiary/aromatic N) is 4. The molecule has 0 radical (unpaired) electrons. The monoisotopic (exact) mass is 505 g/mol. The number of aromatic nitrogens is 2. The van der Waals surface area contributed by atoms with Crippen LogP contribution in [0.4, 0.5) is 14.6 Å². The Labute approximate surface area is 201 Å². The summed E-state index contributed by atoms with van der Waals surface area (Å²) in [5.74, 6) is -5.23. The van der Waals surface area contributed by atoms with Crippen LogP contribution in [0.1, 0.15) is 62.5 Å². The number of fused-ring (bicyclic) bond motifs is 1. The van der Waals surface area contributed by atoms with Gasteiger partial charge in [-0.05, 0) is 31.4 Å². The zero-order valence-electron chi connectivity index (χ0n) is 19.5. The van der Waals surface area contributed by atoms with Gasteiger partial charge in [-0.3, -0.25) is 9.59 Å². The summed E-state index contributed by atoms with van der Waals surface area (Å²) < 4.78 is 51.8. The predicted octanol–water partition coefficient (Wildman–Crippen LogP) is 3.80. The number of halogens is 2. The Hall–Kier alpha value is -3.28. The van der Waals surface area contributed by atoms with Crippen molar-refractivity contribution >= 4 is 39.1 Å². The number of carbonyl (C=O) groups excluding carboxylic acids is 2. The van der Waals surface area contributed by atoms with Crippen LogP contribution in [-0.4, -0.2) is 47.4 Å². The molecule has 0 bridgehead atoms. The lowest BCUT2D eigenvalue weighted by molar-refractivity contribution is -0.120. The number of benzene rings is 1. The lowest BCUT2D eigenvalue weighted by atomic mass is 9.86. The Morgan fingerprint density at radius 2 is 1.89 bits per heavy atom. The van der Waals surface area contributed by atoms with E-state index in [9.17, 15) is 26.8 Å². The highest BCUT2D eigenvalue weighted by molar-refractivity contribution is 7.91. The second kappa shape index (κ2) is 9.06. The summed E-state index contributed by atoms with van der Waals surface area (Å²) in [4.78, 5) is 33.6. The van der Waals surface area contributed by atoms with Gasteiger partial charge >= 0.3 is 5.76 Å². The topological polar surface area (TPSA) is 123 Å². The molecule has 186 valence electrons. The second-order valence-electron chi connectivity index (χ2n) is 9.48. The van der Waals surface area contributed by atoms with Crippen LogP contribution in [0.3, 0.4) is 0 Å². The van der Waals surface area contributed by atoms with Crippen molar-refractivity contribution < 1.29 is 26.8 Å². The van der Waals surface area contributed by atoms with Crippen LogP contribution >= 0.6 is 0 Å². The summed E-state index contributed by atoms with van der Waals surface area (Å²) in [6.07, 6.45) is 3.16.